The molecule has 1 saturated heterocycles. The molecule has 2 atom stereocenters. The summed E-state index contributed by atoms with van der Waals surface area (Å²) in [7, 11) is 0. The third-order valence-electron chi connectivity index (χ3n) is 6.76. The lowest BCUT2D eigenvalue weighted by Crippen LogP contribution is -2.54. The summed E-state index contributed by atoms with van der Waals surface area (Å²) in [6.07, 6.45) is 7.23. The number of hydrogen-bond donors (Lipinski definition) is 1. The minimum Gasteiger partial charge on any atom is -0.346 e. The summed E-state index contributed by atoms with van der Waals surface area (Å²) in [5, 5.41) is 23.9. The fourth-order valence-electron chi connectivity index (χ4n) is 4.76. The van der Waals surface area contributed by atoms with Gasteiger partial charge in [0.15, 0.2) is 0 Å². The lowest BCUT2D eigenvalue weighted by molar-refractivity contribution is 0.0470. The van der Waals surface area contributed by atoms with Crippen molar-refractivity contribution in [2.24, 2.45) is 0 Å². The van der Waals surface area contributed by atoms with Gasteiger partial charge < -0.3 is 9.88 Å². The number of benzene rings is 1. The Balaban J connectivity index is 1.28. The molecule has 1 unspecified atom stereocenters. The summed E-state index contributed by atoms with van der Waals surface area (Å²) in [6, 6.07) is 9.76. The van der Waals surface area contributed by atoms with Crippen molar-refractivity contribution >= 4 is 16.9 Å². The Morgan fingerprint density at radius 3 is 2.89 bits per heavy atom. The fourth-order valence-corrected chi connectivity index (χ4v) is 4.76. The van der Waals surface area contributed by atoms with Gasteiger partial charge >= 0.3 is 0 Å². The number of nitrogens with one attached hydrogen (secondary N) is 1. The number of nitrogens with zero attached hydrogens (tertiary/aromatic N) is 8. The van der Waals surface area contributed by atoms with Gasteiger partial charge in [0.1, 0.15) is 17.8 Å². The van der Waals surface area contributed by atoms with Crippen LogP contribution in [0.15, 0.2) is 49.2 Å². The molecule has 1 fully saturated rings. The molecule has 5 rings (SSSR count). The van der Waals surface area contributed by atoms with Gasteiger partial charge in [-0.05, 0) is 31.2 Å². The maximum absolute atomic E-state index is 14.4. The van der Waals surface area contributed by atoms with Crippen LogP contribution in [0.2, 0.25) is 0 Å². The van der Waals surface area contributed by atoms with E-state index in [1.54, 1.807) is 15.8 Å². The Labute approximate surface area is 212 Å². The second kappa shape index (κ2) is 10.2. The van der Waals surface area contributed by atoms with Gasteiger partial charge in [-0.2, -0.15) is 15.6 Å². The van der Waals surface area contributed by atoms with Crippen LogP contribution < -0.4 is 0 Å². The van der Waals surface area contributed by atoms with Gasteiger partial charge in [0.25, 0.3) is 5.91 Å². The SMILES string of the molecule is C[C@H]1CN(C(=O)c2ccc(C#N)cc2F)CCN1CC(CC#N)n1cc(-c2ncnc3[nH]ccc23)cn1. The average Bonchev–Trinajstić information content (AvgIpc) is 3.59. The van der Waals surface area contributed by atoms with Gasteiger partial charge in [-0.3, -0.25) is 14.4 Å². The van der Waals surface area contributed by atoms with E-state index in [1.807, 2.05) is 31.5 Å². The van der Waals surface area contributed by atoms with E-state index in [0.717, 1.165) is 28.4 Å². The zero-order chi connectivity index (χ0) is 25.9. The van der Waals surface area contributed by atoms with Crippen LogP contribution in [-0.4, -0.2) is 72.7 Å². The highest BCUT2D eigenvalue weighted by molar-refractivity contribution is 5.94. The van der Waals surface area contributed by atoms with Gasteiger partial charge in [0.05, 0.1) is 47.6 Å². The molecule has 1 N–H and O–H groups in total. The molecule has 4 aromatic rings. The molecule has 186 valence electrons. The lowest BCUT2D eigenvalue weighted by Gasteiger charge is -2.41. The molecule has 1 aliphatic rings. The van der Waals surface area contributed by atoms with Gasteiger partial charge in [-0.25, -0.2) is 14.4 Å². The summed E-state index contributed by atoms with van der Waals surface area (Å²) < 4.78 is 16.2. The summed E-state index contributed by atoms with van der Waals surface area (Å²) in [4.78, 5) is 28.5. The van der Waals surface area contributed by atoms with Crippen molar-refractivity contribution in [1.29, 1.82) is 10.5 Å². The fraction of sp³-hybridized carbons (Fsp3) is 0.308. The maximum atomic E-state index is 14.4. The maximum Gasteiger partial charge on any atom is 0.256 e. The number of carbonyl (C=O) groups excluding carboxylic acids is 1. The van der Waals surface area contributed by atoms with E-state index >= 15 is 0 Å². The molecule has 1 amide bonds. The molecule has 3 aromatic heterocycles. The molecule has 0 aliphatic carbocycles. The zero-order valence-corrected chi connectivity index (χ0v) is 20.2. The number of hydrogen-bond acceptors (Lipinski definition) is 7. The number of rotatable bonds is 6. The van der Waals surface area contributed by atoms with Crippen molar-refractivity contribution in [3.63, 3.8) is 0 Å². The molecule has 0 spiro atoms. The number of fused-ring (bicyclic) bond motifs is 1. The second-order valence-corrected chi connectivity index (χ2v) is 9.09. The first kappa shape index (κ1) is 24.1. The van der Waals surface area contributed by atoms with Crippen LogP contribution >= 0.6 is 0 Å². The van der Waals surface area contributed by atoms with Crippen LogP contribution in [0.3, 0.4) is 0 Å². The first-order valence-corrected chi connectivity index (χ1v) is 11.9. The third-order valence-corrected chi connectivity index (χ3v) is 6.76. The molecule has 37 heavy (non-hydrogen) atoms. The van der Waals surface area contributed by atoms with Crippen molar-refractivity contribution in [3.05, 3.63) is 66.1 Å². The van der Waals surface area contributed by atoms with E-state index in [2.05, 4.69) is 31.0 Å². The number of H-pyrrole nitrogens is 1. The number of nitriles is 2. The van der Waals surface area contributed by atoms with E-state index in [-0.39, 0.29) is 35.5 Å². The van der Waals surface area contributed by atoms with Crippen molar-refractivity contribution < 1.29 is 9.18 Å². The Morgan fingerprint density at radius 2 is 2.14 bits per heavy atom. The monoisotopic (exact) mass is 497 g/mol. The molecular formula is C26H24FN9O. The van der Waals surface area contributed by atoms with E-state index in [1.165, 1.54) is 18.5 Å². The van der Waals surface area contributed by atoms with Crippen LogP contribution in [0.25, 0.3) is 22.3 Å². The Hall–Kier alpha value is -4.61. The minimum atomic E-state index is -0.691. The van der Waals surface area contributed by atoms with E-state index < -0.39 is 5.82 Å². The summed E-state index contributed by atoms with van der Waals surface area (Å²) in [5.74, 6) is -1.08. The predicted octanol–water partition coefficient (Wildman–Crippen LogP) is 3.13. The molecule has 1 aromatic carbocycles. The summed E-state index contributed by atoms with van der Waals surface area (Å²) >= 11 is 0. The molecule has 11 heteroatoms. The molecule has 1 aliphatic heterocycles. The molecule has 10 nitrogen and oxygen atoms in total. The number of aromatic nitrogens is 5. The van der Waals surface area contributed by atoms with E-state index in [4.69, 9.17) is 5.26 Å². The van der Waals surface area contributed by atoms with Crippen LogP contribution in [0.5, 0.6) is 0 Å². The number of piperazine rings is 1. The first-order chi connectivity index (χ1) is 18.0. The standard InChI is InChI=1S/C26H24FN9O/c1-17-13-35(26(37)21-3-2-18(11-29)10-23(21)27)9-8-34(17)15-20(4-6-28)36-14-19(12-33-36)24-22-5-7-30-25(22)32-16-31-24/h2-3,5,7,10,12,14,16-17,20H,4,8-9,13,15H2,1H3,(H,30,31,32)/t17-,20?/m0/s1. The highest BCUT2D eigenvalue weighted by Gasteiger charge is 2.30. The second-order valence-electron chi connectivity index (χ2n) is 9.09. The Kier molecular flexibility index (Phi) is 6.62. The quantitative estimate of drug-likeness (QED) is 0.433. The van der Waals surface area contributed by atoms with Crippen molar-refractivity contribution in [1.82, 2.24) is 34.5 Å². The van der Waals surface area contributed by atoms with Crippen LogP contribution in [0.1, 0.15) is 35.3 Å². The van der Waals surface area contributed by atoms with E-state index in [9.17, 15) is 14.4 Å². The first-order valence-electron chi connectivity index (χ1n) is 11.9. The Morgan fingerprint density at radius 1 is 1.27 bits per heavy atom. The number of halogens is 1. The highest BCUT2D eigenvalue weighted by Crippen LogP contribution is 2.26. The smallest absolute Gasteiger partial charge is 0.256 e. The van der Waals surface area contributed by atoms with Gasteiger partial charge in [-0.1, -0.05) is 0 Å². The van der Waals surface area contributed by atoms with E-state index in [0.29, 0.717) is 26.2 Å². The lowest BCUT2D eigenvalue weighted by atomic mass is 10.1. The molecular weight excluding hydrogens is 473 g/mol. The van der Waals surface area contributed by atoms with Crippen LogP contribution in [0.4, 0.5) is 4.39 Å². The van der Waals surface area contributed by atoms with Gasteiger partial charge in [0.2, 0.25) is 0 Å². The normalized spacial score (nSPS) is 16.9. The van der Waals surface area contributed by atoms with Crippen LogP contribution in [0, 0.1) is 28.5 Å². The summed E-state index contributed by atoms with van der Waals surface area (Å²) in [6.45, 7) is 4.02. The van der Waals surface area contributed by atoms with Crippen molar-refractivity contribution in [2.75, 3.05) is 26.2 Å². The summed E-state index contributed by atoms with van der Waals surface area (Å²) in [5.41, 5.74) is 2.49. The van der Waals surface area contributed by atoms with Gasteiger partial charge in [-0.15, -0.1) is 0 Å². The Bertz CT molecular complexity index is 1530. The molecule has 0 bridgehead atoms. The van der Waals surface area contributed by atoms with Gasteiger partial charge in [0, 0.05) is 55.6 Å². The van der Waals surface area contributed by atoms with Crippen molar-refractivity contribution in [2.45, 2.75) is 25.4 Å². The largest absolute Gasteiger partial charge is 0.346 e. The molecule has 0 radical (unpaired) electrons. The predicted molar refractivity (Wildman–Crippen MR) is 132 cm³/mol. The molecule has 0 saturated carbocycles. The zero-order valence-electron chi connectivity index (χ0n) is 20.2. The highest BCUT2D eigenvalue weighted by atomic mass is 19.1. The average molecular weight is 498 g/mol. The van der Waals surface area contributed by atoms with Crippen LogP contribution in [-0.2, 0) is 0 Å². The number of aromatic amines is 1. The number of amides is 1. The third kappa shape index (κ3) is 4.77. The molecule has 4 heterocycles. The number of carbonyl (C=O) groups is 1. The topological polar surface area (TPSA) is 131 Å². The van der Waals surface area contributed by atoms with Crippen molar-refractivity contribution in [3.8, 4) is 23.4 Å². The minimum absolute atomic E-state index is 0.00304.